The van der Waals surface area contributed by atoms with E-state index in [0.717, 1.165) is 11.3 Å². The van der Waals surface area contributed by atoms with Gasteiger partial charge in [0.2, 0.25) is 5.91 Å². The summed E-state index contributed by atoms with van der Waals surface area (Å²) in [5, 5.41) is 14.9. The second-order valence-electron chi connectivity index (χ2n) is 5.20. The summed E-state index contributed by atoms with van der Waals surface area (Å²) in [6.45, 7) is 0.481. The van der Waals surface area contributed by atoms with Crippen LogP contribution in [0.3, 0.4) is 0 Å². The highest BCUT2D eigenvalue weighted by Gasteiger charge is 2.15. The van der Waals surface area contributed by atoms with Crippen LogP contribution in [0.15, 0.2) is 42.5 Å². The lowest BCUT2D eigenvalue weighted by atomic mass is 10.1. The number of para-hydroxylation sites is 1. The van der Waals surface area contributed by atoms with E-state index in [-0.39, 0.29) is 18.0 Å². The van der Waals surface area contributed by atoms with E-state index in [2.05, 4.69) is 5.32 Å². The van der Waals surface area contributed by atoms with Gasteiger partial charge in [-0.15, -0.1) is 0 Å². The van der Waals surface area contributed by atoms with Crippen molar-refractivity contribution >= 4 is 46.6 Å². The molecule has 0 unspecified atom stereocenters. The van der Waals surface area contributed by atoms with E-state index in [1.165, 1.54) is 6.07 Å². The first-order valence-electron chi connectivity index (χ1n) is 7.48. The number of nitro benzene ring substituents is 1. The monoisotopic (exact) mass is 398 g/mol. The SMILES string of the molecule is O=C(Cc1ccccc1[N+](=O)[O-])NCCSCc1ccc(Cl)cc1Cl. The predicted molar refractivity (Wildman–Crippen MR) is 102 cm³/mol. The predicted octanol–water partition coefficient (Wildman–Crippen LogP) is 4.49. The Morgan fingerprint density at radius 3 is 2.64 bits per heavy atom. The molecule has 0 aromatic heterocycles. The summed E-state index contributed by atoms with van der Waals surface area (Å²) in [5.41, 5.74) is 1.36. The molecule has 5 nitrogen and oxygen atoms in total. The van der Waals surface area contributed by atoms with Crippen LogP contribution in [0.1, 0.15) is 11.1 Å². The van der Waals surface area contributed by atoms with Crippen LogP contribution in [-0.2, 0) is 17.0 Å². The minimum Gasteiger partial charge on any atom is -0.355 e. The summed E-state index contributed by atoms with van der Waals surface area (Å²) in [5.74, 6) is 1.19. The van der Waals surface area contributed by atoms with Gasteiger partial charge in [-0.3, -0.25) is 14.9 Å². The minimum absolute atomic E-state index is 0.00909. The molecule has 0 atom stereocenters. The van der Waals surface area contributed by atoms with Crippen molar-refractivity contribution in [3.63, 3.8) is 0 Å². The number of rotatable bonds is 8. The third kappa shape index (κ3) is 6.23. The molecule has 0 aliphatic heterocycles. The van der Waals surface area contributed by atoms with E-state index in [9.17, 15) is 14.9 Å². The number of halogens is 2. The van der Waals surface area contributed by atoms with Crippen LogP contribution in [0.5, 0.6) is 0 Å². The summed E-state index contributed by atoms with van der Waals surface area (Å²) in [7, 11) is 0. The van der Waals surface area contributed by atoms with Crippen LogP contribution in [0, 0.1) is 10.1 Å². The highest BCUT2D eigenvalue weighted by atomic mass is 35.5. The fraction of sp³-hybridized carbons (Fsp3) is 0.235. The molecule has 1 amide bonds. The van der Waals surface area contributed by atoms with Gasteiger partial charge in [0.1, 0.15) is 0 Å². The summed E-state index contributed by atoms with van der Waals surface area (Å²) in [6.07, 6.45) is -0.00909. The number of thioether (sulfide) groups is 1. The lowest BCUT2D eigenvalue weighted by Gasteiger charge is -2.07. The molecule has 0 radical (unpaired) electrons. The molecule has 1 N–H and O–H groups in total. The van der Waals surface area contributed by atoms with Gasteiger partial charge >= 0.3 is 0 Å². The van der Waals surface area contributed by atoms with Gasteiger partial charge in [0.15, 0.2) is 0 Å². The molecule has 8 heteroatoms. The van der Waals surface area contributed by atoms with Crippen molar-refractivity contribution in [3.8, 4) is 0 Å². The third-order valence-corrected chi connectivity index (χ3v) is 4.98. The molecule has 0 fully saturated rings. The van der Waals surface area contributed by atoms with Crippen molar-refractivity contribution in [1.29, 1.82) is 0 Å². The Morgan fingerprint density at radius 2 is 1.92 bits per heavy atom. The quantitative estimate of drug-likeness (QED) is 0.403. The minimum atomic E-state index is -0.478. The van der Waals surface area contributed by atoms with Gasteiger partial charge in [0.05, 0.1) is 11.3 Å². The largest absolute Gasteiger partial charge is 0.355 e. The normalized spacial score (nSPS) is 10.5. The first kappa shape index (κ1) is 19.6. The second kappa shape index (κ2) is 9.65. The molecule has 132 valence electrons. The fourth-order valence-corrected chi connectivity index (χ4v) is 3.57. The Kier molecular flexibility index (Phi) is 7.55. The maximum Gasteiger partial charge on any atom is 0.273 e. The highest BCUT2D eigenvalue weighted by molar-refractivity contribution is 7.98. The molecular formula is C17H16Cl2N2O3S. The lowest BCUT2D eigenvalue weighted by Crippen LogP contribution is -2.27. The molecule has 0 aliphatic carbocycles. The molecule has 0 bridgehead atoms. The molecule has 0 aliphatic rings. The van der Waals surface area contributed by atoms with Crippen LogP contribution in [0.2, 0.25) is 10.0 Å². The molecule has 0 saturated carbocycles. The van der Waals surface area contributed by atoms with Crippen LogP contribution in [0.25, 0.3) is 0 Å². The van der Waals surface area contributed by atoms with Gasteiger partial charge in [0.25, 0.3) is 5.69 Å². The van der Waals surface area contributed by atoms with Gasteiger partial charge in [-0.2, -0.15) is 11.8 Å². The van der Waals surface area contributed by atoms with Crippen LogP contribution < -0.4 is 5.32 Å². The van der Waals surface area contributed by atoms with Crippen molar-refractivity contribution in [2.24, 2.45) is 0 Å². The number of hydrogen-bond acceptors (Lipinski definition) is 4. The Bertz CT molecular complexity index is 771. The van der Waals surface area contributed by atoms with Crippen molar-refractivity contribution in [2.75, 3.05) is 12.3 Å². The highest BCUT2D eigenvalue weighted by Crippen LogP contribution is 2.24. The van der Waals surface area contributed by atoms with Crippen molar-refractivity contribution < 1.29 is 9.72 Å². The Hall–Kier alpha value is -1.76. The first-order valence-corrected chi connectivity index (χ1v) is 9.39. The summed E-state index contributed by atoms with van der Waals surface area (Å²) in [4.78, 5) is 22.4. The number of amides is 1. The van der Waals surface area contributed by atoms with Gasteiger partial charge < -0.3 is 5.32 Å². The van der Waals surface area contributed by atoms with E-state index in [0.29, 0.717) is 27.9 Å². The van der Waals surface area contributed by atoms with Gasteiger partial charge in [-0.25, -0.2) is 0 Å². The average Bonchev–Trinajstić information content (AvgIpc) is 2.56. The van der Waals surface area contributed by atoms with Crippen LogP contribution >= 0.6 is 35.0 Å². The molecular weight excluding hydrogens is 383 g/mol. The zero-order chi connectivity index (χ0) is 18.2. The summed E-state index contributed by atoms with van der Waals surface area (Å²) < 4.78 is 0. The van der Waals surface area contributed by atoms with Crippen LogP contribution in [0.4, 0.5) is 5.69 Å². The molecule has 2 rings (SSSR count). The van der Waals surface area contributed by atoms with E-state index in [4.69, 9.17) is 23.2 Å². The average molecular weight is 399 g/mol. The number of carbonyl (C=O) groups is 1. The second-order valence-corrected chi connectivity index (χ2v) is 7.15. The number of nitrogens with one attached hydrogen (secondary N) is 1. The van der Waals surface area contributed by atoms with E-state index in [1.54, 1.807) is 42.1 Å². The first-order chi connectivity index (χ1) is 12.0. The Morgan fingerprint density at radius 1 is 1.16 bits per heavy atom. The Labute approximate surface area is 159 Å². The van der Waals surface area contributed by atoms with E-state index < -0.39 is 4.92 Å². The zero-order valence-electron chi connectivity index (χ0n) is 13.2. The number of hydrogen-bond donors (Lipinski definition) is 1. The van der Waals surface area contributed by atoms with Gasteiger partial charge in [0, 0.05) is 39.7 Å². The maximum atomic E-state index is 11.9. The number of benzene rings is 2. The smallest absolute Gasteiger partial charge is 0.273 e. The zero-order valence-corrected chi connectivity index (χ0v) is 15.5. The number of nitro groups is 1. The van der Waals surface area contributed by atoms with Crippen molar-refractivity contribution in [1.82, 2.24) is 5.32 Å². The Balaban J connectivity index is 1.73. The maximum absolute atomic E-state index is 11.9. The lowest BCUT2D eigenvalue weighted by molar-refractivity contribution is -0.385. The fourth-order valence-electron chi connectivity index (χ4n) is 2.16. The van der Waals surface area contributed by atoms with Crippen molar-refractivity contribution in [3.05, 3.63) is 73.8 Å². The third-order valence-electron chi connectivity index (χ3n) is 3.38. The molecule has 2 aromatic carbocycles. The summed E-state index contributed by atoms with van der Waals surface area (Å²) >= 11 is 13.6. The molecule has 0 heterocycles. The molecule has 2 aromatic rings. The number of carbonyl (C=O) groups excluding carboxylic acids is 1. The van der Waals surface area contributed by atoms with Gasteiger partial charge in [-0.05, 0) is 17.7 Å². The van der Waals surface area contributed by atoms with Crippen molar-refractivity contribution in [2.45, 2.75) is 12.2 Å². The standard InChI is InChI=1S/C17H16Cl2N2O3S/c18-14-6-5-13(15(19)10-14)11-25-8-7-20-17(22)9-12-3-1-2-4-16(12)21(23)24/h1-6,10H,7-9,11H2,(H,20,22). The summed E-state index contributed by atoms with van der Waals surface area (Å²) in [6, 6.07) is 11.6. The topological polar surface area (TPSA) is 72.2 Å². The van der Waals surface area contributed by atoms with Gasteiger partial charge in [-0.1, -0.05) is 47.5 Å². The van der Waals surface area contributed by atoms with E-state index in [1.807, 2.05) is 6.07 Å². The van der Waals surface area contributed by atoms with Crippen LogP contribution in [-0.4, -0.2) is 23.1 Å². The van der Waals surface area contributed by atoms with E-state index >= 15 is 0 Å². The number of nitrogens with zero attached hydrogens (tertiary/aromatic N) is 1. The molecule has 0 saturated heterocycles. The molecule has 25 heavy (non-hydrogen) atoms. The molecule has 0 spiro atoms.